The first-order valence-electron chi connectivity index (χ1n) is 7.36. The summed E-state index contributed by atoms with van der Waals surface area (Å²) >= 11 is 0. The Labute approximate surface area is 125 Å². The van der Waals surface area contributed by atoms with Crippen LogP contribution >= 0.6 is 0 Å². The molecule has 0 aliphatic carbocycles. The van der Waals surface area contributed by atoms with Crippen molar-refractivity contribution in [1.82, 2.24) is 9.88 Å². The fourth-order valence-corrected chi connectivity index (χ4v) is 2.76. The lowest BCUT2D eigenvalue weighted by molar-refractivity contribution is 0.328. The molecule has 4 nitrogen and oxygen atoms in total. The van der Waals surface area contributed by atoms with Crippen LogP contribution in [-0.4, -0.2) is 36.1 Å². The first-order valence-corrected chi connectivity index (χ1v) is 7.36. The van der Waals surface area contributed by atoms with Gasteiger partial charge in [0, 0.05) is 37.9 Å². The number of ether oxygens (including phenoxy) is 1. The van der Waals surface area contributed by atoms with E-state index in [1.54, 1.807) is 13.3 Å². The molecule has 110 valence electrons. The summed E-state index contributed by atoms with van der Waals surface area (Å²) in [7, 11) is 1.68. The van der Waals surface area contributed by atoms with Gasteiger partial charge in [0.05, 0.1) is 7.11 Å². The number of nitrogens with zero attached hydrogens (tertiary/aromatic N) is 2. The van der Waals surface area contributed by atoms with E-state index in [1.807, 2.05) is 12.1 Å². The summed E-state index contributed by atoms with van der Waals surface area (Å²) in [5.74, 6) is 1.73. The molecule has 1 aliphatic rings. The van der Waals surface area contributed by atoms with Crippen LogP contribution in [0.2, 0.25) is 0 Å². The van der Waals surface area contributed by atoms with Gasteiger partial charge in [0.25, 0.3) is 0 Å². The van der Waals surface area contributed by atoms with Crippen LogP contribution in [0.15, 0.2) is 48.7 Å². The van der Waals surface area contributed by atoms with Crippen molar-refractivity contribution in [2.24, 2.45) is 0 Å². The molecule has 1 aromatic heterocycles. The summed E-state index contributed by atoms with van der Waals surface area (Å²) in [6.45, 7) is 3.19. The number of likely N-dealkylation sites (tertiary alicyclic amines) is 1. The maximum Gasteiger partial charge on any atom is 0.129 e. The summed E-state index contributed by atoms with van der Waals surface area (Å²) in [6.07, 6.45) is 2.92. The van der Waals surface area contributed by atoms with Crippen LogP contribution in [0.5, 0.6) is 5.75 Å². The lowest BCUT2D eigenvalue weighted by Crippen LogP contribution is -2.26. The molecule has 0 amide bonds. The Morgan fingerprint density at radius 3 is 2.95 bits per heavy atom. The second kappa shape index (κ2) is 6.59. The molecule has 1 N–H and O–H groups in total. The maximum absolute atomic E-state index is 5.23. The Hall–Kier alpha value is -2.07. The molecule has 1 unspecified atom stereocenters. The molecule has 1 aromatic carbocycles. The second-order valence-electron chi connectivity index (χ2n) is 5.43. The number of aromatic nitrogens is 1. The summed E-state index contributed by atoms with van der Waals surface area (Å²) < 4.78 is 5.23. The Kier molecular flexibility index (Phi) is 4.36. The fourth-order valence-electron chi connectivity index (χ4n) is 2.76. The van der Waals surface area contributed by atoms with Crippen molar-refractivity contribution in [3.05, 3.63) is 54.2 Å². The van der Waals surface area contributed by atoms with Crippen molar-refractivity contribution in [2.45, 2.75) is 19.0 Å². The van der Waals surface area contributed by atoms with Gasteiger partial charge in [0.1, 0.15) is 11.6 Å². The van der Waals surface area contributed by atoms with E-state index in [0.717, 1.165) is 37.6 Å². The molecule has 0 radical (unpaired) electrons. The summed E-state index contributed by atoms with van der Waals surface area (Å²) in [5, 5.41) is 3.50. The number of rotatable bonds is 5. The topological polar surface area (TPSA) is 37.4 Å². The number of methoxy groups -OCH3 is 1. The zero-order valence-electron chi connectivity index (χ0n) is 12.3. The molecule has 0 spiro atoms. The van der Waals surface area contributed by atoms with Crippen molar-refractivity contribution in [1.29, 1.82) is 0 Å². The van der Waals surface area contributed by atoms with E-state index in [4.69, 9.17) is 4.74 Å². The molecule has 4 heteroatoms. The Balaban J connectivity index is 1.54. The third-order valence-electron chi connectivity index (χ3n) is 3.84. The van der Waals surface area contributed by atoms with Gasteiger partial charge in [0.15, 0.2) is 0 Å². The van der Waals surface area contributed by atoms with Crippen LogP contribution in [0.3, 0.4) is 0 Å². The highest BCUT2D eigenvalue weighted by Crippen LogP contribution is 2.19. The number of hydrogen-bond donors (Lipinski definition) is 1. The smallest absolute Gasteiger partial charge is 0.129 e. The molecule has 2 aromatic rings. The van der Waals surface area contributed by atoms with Gasteiger partial charge in [0.2, 0.25) is 0 Å². The lowest BCUT2D eigenvalue weighted by atomic mass is 10.2. The molecular formula is C17H21N3O. The number of nitrogens with one attached hydrogen (secondary N) is 1. The van der Waals surface area contributed by atoms with Crippen molar-refractivity contribution in [3.8, 4) is 5.75 Å². The molecule has 1 atom stereocenters. The van der Waals surface area contributed by atoms with Gasteiger partial charge >= 0.3 is 0 Å². The molecule has 1 saturated heterocycles. The molecule has 2 heterocycles. The molecule has 1 aliphatic heterocycles. The van der Waals surface area contributed by atoms with Crippen LogP contribution in [0.25, 0.3) is 0 Å². The summed E-state index contributed by atoms with van der Waals surface area (Å²) in [4.78, 5) is 6.83. The van der Waals surface area contributed by atoms with Gasteiger partial charge in [-0.3, -0.25) is 4.90 Å². The normalized spacial score (nSPS) is 18.6. The Morgan fingerprint density at radius 2 is 2.14 bits per heavy atom. The second-order valence-corrected chi connectivity index (χ2v) is 5.43. The standard InChI is InChI=1S/C17H21N3O/c1-21-16-7-9-18-17(11-16)19-15-8-10-20(13-15)12-14-5-3-2-4-6-14/h2-7,9,11,15H,8,10,12-13H2,1H3,(H,18,19). The zero-order valence-corrected chi connectivity index (χ0v) is 12.3. The predicted octanol–water partition coefficient (Wildman–Crippen LogP) is 2.78. The van der Waals surface area contributed by atoms with Crippen molar-refractivity contribution >= 4 is 5.82 Å². The van der Waals surface area contributed by atoms with Crippen LogP contribution in [-0.2, 0) is 6.54 Å². The van der Waals surface area contributed by atoms with E-state index in [1.165, 1.54) is 5.56 Å². The van der Waals surface area contributed by atoms with E-state index in [0.29, 0.717) is 6.04 Å². The van der Waals surface area contributed by atoms with E-state index in [2.05, 4.69) is 45.5 Å². The molecule has 0 saturated carbocycles. The highest BCUT2D eigenvalue weighted by molar-refractivity contribution is 5.41. The van der Waals surface area contributed by atoms with E-state index in [-0.39, 0.29) is 0 Å². The average Bonchev–Trinajstić information content (AvgIpc) is 2.95. The highest BCUT2D eigenvalue weighted by Gasteiger charge is 2.22. The van der Waals surface area contributed by atoms with Gasteiger partial charge in [-0.2, -0.15) is 0 Å². The number of anilines is 1. The average molecular weight is 283 g/mol. The first-order chi connectivity index (χ1) is 10.3. The number of benzene rings is 1. The van der Waals surface area contributed by atoms with Crippen LogP contribution in [0, 0.1) is 0 Å². The molecule has 0 bridgehead atoms. The van der Waals surface area contributed by atoms with E-state index < -0.39 is 0 Å². The van der Waals surface area contributed by atoms with Crippen LogP contribution < -0.4 is 10.1 Å². The lowest BCUT2D eigenvalue weighted by Gasteiger charge is -2.17. The number of pyridine rings is 1. The van der Waals surface area contributed by atoms with Crippen LogP contribution in [0.4, 0.5) is 5.82 Å². The SMILES string of the molecule is COc1ccnc(NC2CCN(Cc3ccccc3)C2)c1. The predicted molar refractivity (Wildman–Crippen MR) is 84.5 cm³/mol. The Morgan fingerprint density at radius 1 is 1.29 bits per heavy atom. The van der Waals surface area contributed by atoms with Gasteiger partial charge in [-0.05, 0) is 18.1 Å². The summed E-state index contributed by atoms with van der Waals surface area (Å²) in [5.41, 5.74) is 1.37. The highest BCUT2D eigenvalue weighted by atomic mass is 16.5. The first kappa shape index (κ1) is 13.9. The van der Waals surface area contributed by atoms with E-state index in [9.17, 15) is 0 Å². The Bertz CT molecular complexity index is 573. The molecule has 21 heavy (non-hydrogen) atoms. The van der Waals surface area contributed by atoms with Crippen molar-refractivity contribution < 1.29 is 4.74 Å². The quantitative estimate of drug-likeness (QED) is 0.915. The molecular weight excluding hydrogens is 262 g/mol. The minimum atomic E-state index is 0.452. The largest absolute Gasteiger partial charge is 0.497 e. The number of hydrogen-bond acceptors (Lipinski definition) is 4. The third-order valence-corrected chi connectivity index (χ3v) is 3.84. The van der Waals surface area contributed by atoms with Gasteiger partial charge in [-0.25, -0.2) is 4.98 Å². The van der Waals surface area contributed by atoms with Crippen molar-refractivity contribution in [2.75, 3.05) is 25.5 Å². The van der Waals surface area contributed by atoms with Gasteiger partial charge < -0.3 is 10.1 Å². The zero-order chi connectivity index (χ0) is 14.5. The minimum Gasteiger partial charge on any atom is -0.497 e. The van der Waals surface area contributed by atoms with Crippen LogP contribution in [0.1, 0.15) is 12.0 Å². The fraction of sp³-hybridized carbons (Fsp3) is 0.353. The van der Waals surface area contributed by atoms with Gasteiger partial charge in [-0.1, -0.05) is 30.3 Å². The monoisotopic (exact) mass is 283 g/mol. The maximum atomic E-state index is 5.23. The summed E-state index contributed by atoms with van der Waals surface area (Å²) in [6, 6.07) is 14.9. The molecule has 3 rings (SSSR count). The van der Waals surface area contributed by atoms with Gasteiger partial charge in [-0.15, -0.1) is 0 Å². The van der Waals surface area contributed by atoms with E-state index >= 15 is 0 Å². The molecule has 1 fully saturated rings. The van der Waals surface area contributed by atoms with Crippen molar-refractivity contribution in [3.63, 3.8) is 0 Å². The minimum absolute atomic E-state index is 0.452. The third kappa shape index (κ3) is 3.73.